The minimum absolute atomic E-state index is 0.368. The van der Waals surface area contributed by atoms with Crippen molar-refractivity contribution in [1.82, 2.24) is 10.2 Å². The second-order valence-corrected chi connectivity index (χ2v) is 4.64. The summed E-state index contributed by atoms with van der Waals surface area (Å²) in [6.45, 7) is 4.49. The van der Waals surface area contributed by atoms with Gasteiger partial charge >= 0.3 is 0 Å². The Morgan fingerprint density at radius 3 is 2.94 bits per heavy atom. The van der Waals surface area contributed by atoms with Gasteiger partial charge in [0.1, 0.15) is 11.9 Å². The first-order valence-electron chi connectivity index (χ1n) is 6.08. The smallest absolute Gasteiger partial charge is 0.119 e. The van der Waals surface area contributed by atoms with E-state index in [0.717, 1.165) is 31.8 Å². The van der Waals surface area contributed by atoms with E-state index in [1.165, 1.54) is 6.54 Å². The van der Waals surface area contributed by atoms with Crippen LogP contribution < -0.4 is 10.1 Å². The lowest BCUT2D eigenvalue weighted by atomic mass is 10.2. The molecule has 0 aliphatic carbocycles. The number of hydrogen-bond donors (Lipinski definition) is 1. The number of fused-ring (bicyclic) bond motifs is 1. The van der Waals surface area contributed by atoms with E-state index in [9.17, 15) is 0 Å². The van der Waals surface area contributed by atoms with E-state index in [2.05, 4.69) is 10.2 Å². The zero-order valence-corrected chi connectivity index (χ0v) is 9.43. The number of piperazine rings is 1. The summed E-state index contributed by atoms with van der Waals surface area (Å²) in [5.74, 6) is 1.00. The van der Waals surface area contributed by atoms with Crippen molar-refractivity contribution in [2.45, 2.75) is 18.6 Å². The molecule has 16 heavy (non-hydrogen) atoms. The molecule has 0 bridgehead atoms. The molecule has 1 aromatic rings. The average Bonchev–Trinajstić information content (AvgIpc) is 2.72. The predicted molar refractivity (Wildman–Crippen MR) is 63.7 cm³/mol. The molecule has 1 N–H and O–H groups in total. The van der Waals surface area contributed by atoms with Crippen LogP contribution in [-0.4, -0.2) is 43.2 Å². The lowest BCUT2D eigenvalue weighted by Gasteiger charge is -2.29. The van der Waals surface area contributed by atoms with Crippen molar-refractivity contribution in [3.8, 4) is 5.75 Å². The Kier molecular flexibility index (Phi) is 2.80. The van der Waals surface area contributed by atoms with E-state index in [0.29, 0.717) is 12.1 Å². The van der Waals surface area contributed by atoms with Gasteiger partial charge in [0.2, 0.25) is 0 Å². The zero-order valence-electron chi connectivity index (χ0n) is 9.43. The number of nitrogens with zero attached hydrogens (tertiary/aromatic N) is 1. The van der Waals surface area contributed by atoms with E-state index in [1.54, 1.807) is 0 Å². The van der Waals surface area contributed by atoms with Gasteiger partial charge in [-0.2, -0.15) is 0 Å². The fraction of sp³-hybridized carbons (Fsp3) is 0.538. The van der Waals surface area contributed by atoms with Crippen LogP contribution in [0.2, 0.25) is 0 Å². The summed E-state index contributed by atoms with van der Waals surface area (Å²) in [6, 6.07) is 10.8. The van der Waals surface area contributed by atoms with Gasteiger partial charge in [-0.25, -0.2) is 0 Å². The molecule has 0 saturated carbocycles. The first kappa shape index (κ1) is 10.1. The third kappa shape index (κ3) is 2.06. The van der Waals surface area contributed by atoms with Crippen LogP contribution in [0.5, 0.6) is 5.75 Å². The number of benzene rings is 1. The molecule has 86 valence electrons. The van der Waals surface area contributed by atoms with Crippen molar-refractivity contribution < 1.29 is 4.74 Å². The van der Waals surface area contributed by atoms with Crippen LogP contribution in [0.15, 0.2) is 30.3 Å². The van der Waals surface area contributed by atoms with Gasteiger partial charge in [-0.15, -0.1) is 0 Å². The molecule has 3 nitrogen and oxygen atoms in total. The molecule has 2 saturated heterocycles. The zero-order chi connectivity index (χ0) is 10.8. The van der Waals surface area contributed by atoms with Crippen molar-refractivity contribution in [3.63, 3.8) is 0 Å². The summed E-state index contributed by atoms with van der Waals surface area (Å²) in [5, 5.41) is 3.44. The highest BCUT2D eigenvalue weighted by atomic mass is 16.5. The summed E-state index contributed by atoms with van der Waals surface area (Å²) >= 11 is 0. The van der Waals surface area contributed by atoms with Crippen LogP contribution in [0.4, 0.5) is 0 Å². The highest BCUT2D eigenvalue weighted by molar-refractivity contribution is 5.21. The topological polar surface area (TPSA) is 24.5 Å². The van der Waals surface area contributed by atoms with Gasteiger partial charge in [0.05, 0.1) is 0 Å². The van der Waals surface area contributed by atoms with E-state index in [1.807, 2.05) is 30.3 Å². The van der Waals surface area contributed by atoms with Gasteiger partial charge < -0.3 is 10.1 Å². The molecular weight excluding hydrogens is 200 g/mol. The number of ether oxygens (including phenoxy) is 1. The Hall–Kier alpha value is -1.06. The standard InChI is InChI=1S/C13H18N2O/c1-2-4-12(5-3-1)16-13-8-11-9-14-6-7-15(11)10-13/h1-5,11,13-14H,6-10H2/t11-,13+/m1/s1. The Labute approximate surface area is 96.4 Å². The molecule has 2 fully saturated rings. The highest BCUT2D eigenvalue weighted by Crippen LogP contribution is 2.23. The Balaban J connectivity index is 1.61. The van der Waals surface area contributed by atoms with Gasteiger partial charge in [0.25, 0.3) is 0 Å². The summed E-state index contributed by atoms with van der Waals surface area (Å²) in [6.07, 6.45) is 1.52. The number of nitrogens with one attached hydrogen (secondary N) is 1. The molecule has 0 radical (unpaired) electrons. The Bertz CT molecular complexity index is 327. The van der Waals surface area contributed by atoms with Crippen LogP contribution in [0, 0.1) is 0 Å². The average molecular weight is 218 g/mol. The molecule has 1 aromatic carbocycles. The minimum Gasteiger partial charge on any atom is -0.489 e. The quantitative estimate of drug-likeness (QED) is 0.805. The molecule has 2 aliphatic rings. The van der Waals surface area contributed by atoms with E-state index < -0.39 is 0 Å². The summed E-state index contributed by atoms with van der Waals surface area (Å²) in [7, 11) is 0. The maximum absolute atomic E-state index is 6.00. The highest BCUT2D eigenvalue weighted by Gasteiger charge is 2.34. The summed E-state index contributed by atoms with van der Waals surface area (Å²) in [5.41, 5.74) is 0. The molecule has 0 unspecified atom stereocenters. The van der Waals surface area contributed by atoms with E-state index >= 15 is 0 Å². The van der Waals surface area contributed by atoms with Crippen LogP contribution in [-0.2, 0) is 0 Å². The fourth-order valence-corrected chi connectivity index (χ4v) is 2.69. The third-order valence-electron chi connectivity index (χ3n) is 3.49. The van der Waals surface area contributed by atoms with Crippen LogP contribution in [0.3, 0.4) is 0 Å². The molecule has 3 heteroatoms. The Morgan fingerprint density at radius 1 is 1.25 bits per heavy atom. The molecule has 2 aliphatic heterocycles. The second-order valence-electron chi connectivity index (χ2n) is 4.64. The van der Waals surface area contributed by atoms with Gasteiger partial charge in [-0.3, -0.25) is 4.90 Å². The maximum Gasteiger partial charge on any atom is 0.119 e. The second kappa shape index (κ2) is 4.44. The maximum atomic E-state index is 6.00. The van der Waals surface area contributed by atoms with Gasteiger partial charge in [-0.05, 0) is 12.1 Å². The molecule has 2 atom stereocenters. The Morgan fingerprint density at radius 2 is 2.12 bits per heavy atom. The number of rotatable bonds is 2. The van der Waals surface area contributed by atoms with Crippen LogP contribution >= 0.6 is 0 Å². The normalized spacial score (nSPS) is 30.0. The van der Waals surface area contributed by atoms with E-state index in [-0.39, 0.29) is 0 Å². The fourth-order valence-electron chi connectivity index (χ4n) is 2.69. The van der Waals surface area contributed by atoms with Crippen molar-refractivity contribution in [3.05, 3.63) is 30.3 Å². The van der Waals surface area contributed by atoms with E-state index in [4.69, 9.17) is 4.74 Å². The third-order valence-corrected chi connectivity index (χ3v) is 3.49. The first-order chi connectivity index (χ1) is 7.92. The SMILES string of the molecule is c1ccc(O[C@H]2C[C@@H]3CNCCN3C2)cc1. The van der Waals surface area contributed by atoms with Crippen molar-refractivity contribution in [2.24, 2.45) is 0 Å². The lowest BCUT2D eigenvalue weighted by Crippen LogP contribution is -2.47. The molecule has 0 amide bonds. The van der Waals surface area contributed by atoms with Crippen LogP contribution in [0.25, 0.3) is 0 Å². The first-order valence-corrected chi connectivity index (χ1v) is 6.08. The van der Waals surface area contributed by atoms with Crippen molar-refractivity contribution >= 4 is 0 Å². The minimum atomic E-state index is 0.368. The van der Waals surface area contributed by atoms with Crippen LogP contribution in [0.1, 0.15) is 6.42 Å². The largest absolute Gasteiger partial charge is 0.489 e. The monoisotopic (exact) mass is 218 g/mol. The number of hydrogen-bond acceptors (Lipinski definition) is 3. The van der Waals surface area contributed by atoms with Gasteiger partial charge in [0.15, 0.2) is 0 Å². The van der Waals surface area contributed by atoms with Crippen molar-refractivity contribution in [2.75, 3.05) is 26.2 Å². The molecule has 2 heterocycles. The summed E-state index contributed by atoms with van der Waals surface area (Å²) in [4.78, 5) is 2.55. The summed E-state index contributed by atoms with van der Waals surface area (Å²) < 4.78 is 6.00. The molecule has 0 aromatic heterocycles. The lowest BCUT2D eigenvalue weighted by molar-refractivity contribution is 0.186. The molecule has 0 spiro atoms. The van der Waals surface area contributed by atoms with Gasteiger partial charge in [-0.1, -0.05) is 18.2 Å². The molecular formula is C13H18N2O. The van der Waals surface area contributed by atoms with Gasteiger partial charge in [0, 0.05) is 38.6 Å². The molecule has 3 rings (SSSR count). The number of para-hydroxylation sites is 1. The predicted octanol–water partition coefficient (Wildman–Crippen LogP) is 1.11. The van der Waals surface area contributed by atoms with Crippen molar-refractivity contribution in [1.29, 1.82) is 0 Å².